The number of carbonyl (C=O) groups excluding carboxylic acids is 2. The van der Waals surface area contributed by atoms with Crippen LogP contribution in [0.2, 0.25) is 0 Å². The third kappa shape index (κ3) is 3.59. The van der Waals surface area contributed by atoms with Crippen LogP contribution < -0.4 is 0 Å². The van der Waals surface area contributed by atoms with E-state index in [9.17, 15) is 9.59 Å². The maximum absolute atomic E-state index is 12.5. The van der Waals surface area contributed by atoms with Crippen LogP contribution in [-0.4, -0.2) is 40.5 Å². The molecule has 1 heterocycles. The summed E-state index contributed by atoms with van der Waals surface area (Å²) in [6.07, 6.45) is 0. The van der Waals surface area contributed by atoms with Crippen molar-refractivity contribution >= 4 is 11.9 Å². The van der Waals surface area contributed by atoms with Crippen molar-refractivity contribution < 1.29 is 14.3 Å². The molecule has 19 heavy (non-hydrogen) atoms. The molecule has 1 aromatic rings. The SMILES string of the molecule is CCOC(=O)CN(C(=O)c1ccc(C)n1C)C(C)C. The molecule has 0 aliphatic rings. The molecule has 5 heteroatoms. The second kappa shape index (κ2) is 6.41. The minimum Gasteiger partial charge on any atom is -0.465 e. The van der Waals surface area contributed by atoms with E-state index >= 15 is 0 Å². The van der Waals surface area contributed by atoms with Gasteiger partial charge in [-0.3, -0.25) is 9.59 Å². The summed E-state index contributed by atoms with van der Waals surface area (Å²) in [5.41, 5.74) is 1.58. The summed E-state index contributed by atoms with van der Waals surface area (Å²) in [4.78, 5) is 25.5. The predicted molar refractivity (Wildman–Crippen MR) is 73.0 cm³/mol. The Hall–Kier alpha value is -1.78. The summed E-state index contributed by atoms with van der Waals surface area (Å²) >= 11 is 0. The third-order valence-corrected chi connectivity index (χ3v) is 3.08. The normalized spacial score (nSPS) is 10.6. The molecule has 1 amide bonds. The van der Waals surface area contributed by atoms with Gasteiger partial charge in [-0.25, -0.2) is 0 Å². The molecule has 0 spiro atoms. The number of rotatable bonds is 5. The molecular formula is C14H22N2O3. The maximum atomic E-state index is 12.5. The number of amides is 1. The Kier molecular flexibility index (Phi) is 5.15. The average molecular weight is 266 g/mol. The molecule has 0 radical (unpaired) electrons. The van der Waals surface area contributed by atoms with E-state index in [-0.39, 0.29) is 24.5 Å². The average Bonchev–Trinajstić information content (AvgIpc) is 2.66. The van der Waals surface area contributed by atoms with Crippen LogP contribution in [0.4, 0.5) is 0 Å². The van der Waals surface area contributed by atoms with Gasteiger partial charge in [0.1, 0.15) is 12.2 Å². The predicted octanol–water partition coefficient (Wildman–Crippen LogP) is 1.75. The fourth-order valence-corrected chi connectivity index (χ4v) is 1.81. The molecule has 0 aliphatic heterocycles. The van der Waals surface area contributed by atoms with E-state index in [0.29, 0.717) is 12.3 Å². The number of nitrogens with zero attached hydrogens (tertiary/aromatic N) is 2. The first-order valence-corrected chi connectivity index (χ1v) is 6.47. The molecule has 106 valence electrons. The van der Waals surface area contributed by atoms with E-state index in [1.54, 1.807) is 13.0 Å². The fourth-order valence-electron chi connectivity index (χ4n) is 1.81. The number of carbonyl (C=O) groups is 2. The van der Waals surface area contributed by atoms with Crippen LogP contribution >= 0.6 is 0 Å². The van der Waals surface area contributed by atoms with Gasteiger partial charge in [0.25, 0.3) is 5.91 Å². The zero-order valence-electron chi connectivity index (χ0n) is 12.3. The van der Waals surface area contributed by atoms with Crippen molar-refractivity contribution in [1.82, 2.24) is 9.47 Å². The van der Waals surface area contributed by atoms with Gasteiger partial charge in [0.2, 0.25) is 0 Å². The summed E-state index contributed by atoms with van der Waals surface area (Å²) < 4.78 is 6.73. The lowest BCUT2D eigenvalue weighted by Gasteiger charge is -2.26. The Morgan fingerprint density at radius 1 is 1.37 bits per heavy atom. The molecule has 1 aromatic heterocycles. The summed E-state index contributed by atoms with van der Waals surface area (Å²) in [6, 6.07) is 3.60. The van der Waals surface area contributed by atoms with Crippen molar-refractivity contribution in [2.75, 3.05) is 13.2 Å². The summed E-state index contributed by atoms with van der Waals surface area (Å²) in [5, 5.41) is 0. The van der Waals surface area contributed by atoms with Crippen molar-refractivity contribution in [3.8, 4) is 0 Å². The Labute approximate surface area is 114 Å². The van der Waals surface area contributed by atoms with Gasteiger partial charge in [-0.15, -0.1) is 0 Å². The minimum atomic E-state index is -0.379. The molecule has 5 nitrogen and oxygen atoms in total. The zero-order valence-corrected chi connectivity index (χ0v) is 12.3. The fraction of sp³-hybridized carbons (Fsp3) is 0.571. The molecular weight excluding hydrogens is 244 g/mol. The van der Waals surface area contributed by atoms with Crippen molar-refractivity contribution in [3.63, 3.8) is 0 Å². The quantitative estimate of drug-likeness (QED) is 0.763. The van der Waals surface area contributed by atoms with E-state index in [0.717, 1.165) is 5.69 Å². The molecule has 0 unspecified atom stereocenters. The molecule has 0 saturated carbocycles. The lowest BCUT2D eigenvalue weighted by molar-refractivity contribution is -0.144. The second-order valence-electron chi connectivity index (χ2n) is 4.75. The topological polar surface area (TPSA) is 51.5 Å². The van der Waals surface area contributed by atoms with Gasteiger partial charge in [0.15, 0.2) is 0 Å². The first kappa shape index (κ1) is 15.3. The van der Waals surface area contributed by atoms with Crippen molar-refractivity contribution in [3.05, 3.63) is 23.5 Å². The van der Waals surface area contributed by atoms with Crippen LogP contribution in [-0.2, 0) is 16.6 Å². The maximum Gasteiger partial charge on any atom is 0.325 e. The van der Waals surface area contributed by atoms with E-state index < -0.39 is 0 Å². The molecule has 0 saturated heterocycles. The molecule has 0 aliphatic carbocycles. The Balaban J connectivity index is 2.90. The van der Waals surface area contributed by atoms with E-state index in [1.165, 1.54) is 4.90 Å². The highest BCUT2D eigenvalue weighted by Gasteiger charge is 2.24. The summed E-state index contributed by atoms with van der Waals surface area (Å²) in [6.45, 7) is 7.75. The number of hydrogen-bond acceptors (Lipinski definition) is 3. The number of hydrogen-bond donors (Lipinski definition) is 0. The monoisotopic (exact) mass is 266 g/mol. The highest BCUT2D eigenvalue weighted by Crippen LogP contribution is 2.11. The van der Waals surface area contributed by atoms with Crippen molar-refractivity contribution in [1.29, 1.82) is 0 Å². The van der Waals surface area contributed by atoms with Gasteiger partial charge in [0, 0.05) is 18.8 Å². The second-order valence-corrected chi connectivity index (χ2v) is 4.75. The molecule has 0 N–H and O–H groups in total. The molecule has 0 atom stereocenters. The minimum absolute atomic E-state index is 0.0193. The van der Waals surface area contributed by atoms with Gasteiger partial charge >= 0.3 is 5.97 Å². The first-order valence-electron chi connectivity index (χ1n) is 6.47. The molecule has 0 fully saturated rings. The standard InChI is InChI=1S/C14H22N2O3/c1-6-19-13(17)9-16(10(2)3)14(18)12-8-7-11(4)15(12)5/h7-8,10H,6,9H2,1-5H3. The van der Waals surface area contributed by atoms with Crippen LogP contribution in [0.5, 0.6) is 0 Å². The van der Waals surface area contributed by atoms with Crippen molar-refractivity contribution in [2.45, 2.75) is 33.7 Å². The summed E-state index contributed by atoms with van der Waals surface area (Å²) in [7, 11) is 1.84. The molecule has 0 bridgehead atoms. The van der Waals surface area contributed by atoms with Crippen LogP contribution in [0.3, 0.4) is 0 Å². The summed E-state index contributed by atoms with van der Waals surface area (Å²) in [5.74, 6) is -0.533. The largest absolute Gasteiger partial charge is 0.465 e. The van der Waals surface area contributed by atoms with E-state index in [2.05, 4.69) is 0 Å². The van der Waals surface area contributed by atoms with Crippen molar-refractivity contribution in [2.24, 2.45) is 7.05 Å². The smallest absolute Gasteiger partial charge is 0.325 e. The number of esters is 1. The Bertz CT molecular complexity index is 463. The Morgan fingerprint density at radius 2 is 2.00 bits per heavy atom. The van der Waals surface area contributed by atoms with Gasteiger partial charge in [-0.05, 0) is 39.8 Å². The van der Waals surface area contributed by atoms with Gasteiger partial charge in [0.05, 0.1) is 6.61 Å². The lowest BCUT2D eigenvalue weighted by Crippen LogP contribution is -2.42. The van der Waals surface area contributed by atoms with Crippen LogP contribution in [0, 0.1) is 6.92 Å². The van der Waals surface area contributed by atoms with Gasteiger partial charge in [-0.2, -0.15) is 0 Å². The number of aromatic nitrogens is 1. The van der Waals surface area contributed by atoms with Crippen LogP contribution in [0.25, 0.3) is 0 Å². The van der Waals surface area contributed by atoms with Gasteiger partial charge in [-0.1, -0.05) is 0 Å². The molecule has 0 aromatic carbocycles. The Morgan fingerprint density at radius 3 is 2.42 bits per heavy atom. The highest BCUT2D eigenvalue weighted by molar-refractivity contribution is 5.95. The van der Waals surface area contributed by atoms with E-state index in [4.69, 9.17) is 4.74 Å². The van der Waals surface area contributed by atoms with Crippen LogP contribution in [0.15, 0.2) is 12.1 Å². The third-order valence-electron chi connectivity index (χ3n) is 3.08. The van der Waals surface area contributed by atoms with E-state index in [1.807, 2.05) is 38.5 Å². The highest BCUT2D eigenvalue weighted by atomic mass is 16.5. The zero-order chi connectivity index (χ0) is 14.6. The lowest BCUT2D eigenvalue weighted by atomic mass is 10.2. The number of aryl methyl sites for hydroxylation is 1. The van der Waals surface area contributed by atoms with Crippen LogP contribution in [0.1, 0.15) is 37.0 Å². The first-order chi connectivity index (χ1) is 8.88. The molecule has 1 rings (SSSR count). The number of ether oxygens (including phenoxy) is 1. The van der Waals surface area contributed by atoms with Gasteiger partial charge < -0.3 is 14.2 Å².